The van der Waals surface area contributed by atoms with Crippen LogP contribution in [-0.2, 0) is 13.6 Å². The van der Waals surface area contributed by atoms with Gasteiger partial charge in [-0.3, -0.25) is 4.68 Å². The molecule has 0 aromatic carbocycles. The van der Waals surface area contributed by atoms with Gasteiger partial charge in [-0.25, -0.2) is 0 Å². The van der Waals surface area contributed by atoms with E-state index in [0.29, 0.717) is 6.04 Å². The van der Waals surface area contributed by atoms with Crippen LogP contribution >= 0.6 is 0 Å². The van der Waals surface area contributed by atoms with E-state index in [2.05, 4.69) is 57.0 Å². The van der Waals surface area contributed by atoms with Crippen LogP contribution in [0.3, 0.4) is 0 Å². The second-order valence-corrected chi connectivity index (χ2v) is 6.19. The summed E-state index contributed by atoms with van der Waals surface area (Å²) in [5.74, 6) is 1.21. The number of anilines is 1. The molecule has 1 unspecified atom stereocenters. The topological polar surface area (TPSA) is 33.1 Å². The first kappa shape index (κ1) is 15.0. The highest BCUT2D eigenvalue weighted by Crippen LogP contribution is 2.30. The van der Waals surface area contributed by atoms with E-state index in [4.69, 9.17) is 0 Å². The highest BCUT2D eigenvalue weighted by atomic mass is 15.4. The Bertz CT molecular complexity index is 401. The van der Waals surface area contributed by atoms with Crippen LogP contribution in [0, 0.1) is 12.3 Å². The molecule has 1 atom stereocenters. The third kappa shape index (κ3) is 2.86. The zero-order valence-electron chi connectivity index (χ0n) is 13.1. The van der Waals surface area contributed by atoms with Crippen molar-refractivity contribution in [2.75, 3.05) is 19.0 Å². The van der Waals surface area contributed by atoms with E-state index < -0.39 is 0 Å². The predicted molar refractivity (Wildman–Crippen MR) is 78.0 cm³/mol. The first-order chi connectivity index (χ1) is 8.20. The number of aryl methyl sites for hydroxylation is 2. The predicted octanol–water partition coefficient (Wildman–Crippen LogP) is 2.32. The maximum absolute atomic E-state index is 4.55. The molecule has 18 heavy (non-hydrogen) atoms. The van der Waals surface area contributed by atoms with E-state index in [-0.39, 0.29) is 5.41 Å². The van der Waals surface area contributed by atoms with Crippen LogP contribution in [0.5, 0.6) is 0 Å². The zero-order chi connectivity index (χ0) is 14.1. The Hall–Kier alpha value is -1.03. The SMILES string of the molecule is CNCc1c(C)nn(C)c1N(C)C(C)C(C)(C)C. The average Bonchev–Trinajstić information content (AvgIpc) is 2.51. The van der Waals surface area contributed by atoms with Gasteiger partial charge in [0.1, 0.15) is 5.82 Å². The maximum atomic E-state index is 4.55. The lowest BCUT2D eigenvalue weighted by Gasteiger charge is -2.37. The Morgan fingerprint density at radius 1 is 1.39 bits per heavy atom. The molecule has 104 valence electrons. The highest BCUT2D eigenvalue weighted by molar-refractivity contribution is 5.50. The van der Waals surface area contributed by atoms with Crippen molar-refractivity contribution in [3.8, 4) is 0 Å². The van der Waals surface area contributed by atoms with Gasteiger partial charge in [-0.15, -0.1) is 0 Å². The Balaban J connectivity index is 3.16. The van der Waals surface area contributed by atoms with Crippen molar-refractivity contribution in [3.05, 3.63) is 11.3 Å². The number of nitrogens with zero attached hydrogens (tertiary/aromatic N) is 3. The second-order valence-electron chi connectivity index (χ2n) is 6.19. The van der Waals surface area contributed by atoms with Gasteiger partial charge in [0.2, 0.25) is 0 Å². The maximum Gasteiger partial charge on any atom is 0.131 e. The minimum Gasteiger partial charge on any atom is -0.356 e. The van der Waals surface area contributed by atoms with Crippen LogP contribution in [0.1, 0.15) is 39.0 Å². The fraction of sp³-hybridized carbons (Fsp3) is 0.786. The van der Waals surface area contributed by atoms with E-state index in [9.17, 15) is 0 Å². The van der Waals surface area contributed by atoms with Crippen molar-refractivity contribution in [2.45, 2.75) is 47.2 Å². The van der Waals surface area contributed by atoms with Crippen LogP contribution in [0.4, 0.5) is 5.82 Å². The average molecular weight is 252 g/mol. The minimum atomic E-state index is 0.240. The van der Waals surface area contributed by atoms with Crippen LogP contribution in [-0.4, -0.2) is 29.9 Å². The zero-order valence-corrected chi connectivity index (χ0v) is 13.1. The molecule has 1 N–H and O–H groups in total. The van der Waals surface area contributed by atoms with E-state index >= 15 is 0 Å². The molecule has 4 nitrogen and oxygen atoms in total. The number of rotatable bonds is 4. The molecule has 4 heteroatoms. The number of aromatic nitrogens is 2. The van der Waals surface area contributed by atoms with E-state index in [1.165, 1.54) is 11.4 Å². The summed E-state index contributed by atoms with van der Waals surface area (Å²) in [6.45, 7) is 12.0. The molecular weight excluding hydrogens is 224 g/mol. The van der Waals surface area contributed by atoms with Crippen molar-refractivity contribution >= 4 is 5.82 Å². The van der Waals surface area contributed by atoms with E-state index in [1.54, 1.807) is 0 Å². The second kappa shape index (κ2) is 5.31. The Kier molecular flexibility index (Phi) is 4.43. The molecule has 0 saturated carbocycles. The van der Waals surface area contributed by atoms with Gasteiger partial charge in [0.25, 0.3) is 0 Å². The number of hydrogen-bond donors (Lipinski definition) is 1. The summed E-state index contributed by atoms with van der Waals surface area (Å²) < 4.78 is 1.99. The molecule has 0 aliphatic rings. The highest BCUT2D eigenvalue weighted by Gasteiger charge is 2.27. The normalized spacial score (nSPS) is 13.8. The molecule has 0 aliphatic heterocycles. The van der Waals surface area contributed by atoms with Gasteiger partial charge in [0, 0.05) is 32.2 Å². The van der Waals surface area contributed by atoms with Crippen molar-refractivity contribution in [3.63, 3.8) is 0 Å². The van der Waals surface area contributed by atoms with Crippen molar-refractivity contribution < 1.29 is 0 Å². The molecular formula is C14H28N4. The first-order valence-corrected chi connectivity index (χ1v) is 6.60. The number of nitrogens with one attached hydrogen (secondary N) is 1. The standard InChI is InChI=1S/C14H28N4/c1-10-12(9-15-6)13(18(8)16-10)17(7)11(2)14(3,4)5/h11,15H,9H2,1-8H3. The van der Waals surface area contributed by atoms with Crippen LogP contribution in [0.2, 0.25) is 0 Å². The number of hydrogen-bond acceptors (Lipinski definition) is 3. The fourth-order valence-corrected chi connectivity index (χ4v) is 2.28. The molecule has 0 radical (unpaired) electrons. The minimum absolute atomic E-state index is 0.240. The summed E-state index contributed by atoms with van der Waals surface area (Å²) in [6, 6.07) is 0.447. The van der Waals surface area contributed by atoms with Crippen LogP contribution in [0.15, 0.2) is 0 Å². The summed E-state index contributed by atoms with van der Waals surface area (Å²) in [4.78, 5) is 2.34. The van der Waals surface area contributed by atoms with Gasteiger partial charge in [-0.1, -0.05) is 20.8 Å². The molecule has 0 aliphatic carbocycles. The molecule has 0 bridgehead atoms. The monoisotopic (exact) mass is 252 g/mol. The molecule has 1 aromatic heterocycles. The van der Waals surface area contributed by atoms with Gasteiger partial charge in [0.05, 0.1) is 5.69 Å². The van der Waals surface area contributed by atoms with Gasteiger partial charge >= 0.3 is 0 Å². The van der Waals surface area contributed by atoms with Crippen LogP contribution < -0.4 is 10.2 Å². The molecule has 0 saturated heterocycles. The molecule has 0 spiro atoms. The van der Waals surface area contributed by atoms with Gasteiger partial charge in [-0.2, -0.15) is 5.10 Å². The summed E-state index contributed by atoms with van der Waals surface area (Å²) >= 11 is 0. The van der Waals surface area contributed by atoms with Crippen molar-refractivity contribution in [2.24, 2.45) is 12.5 Å². The lowest BCUT2D eigenvalue weighted by atomic mass is 9.87. The van der Waals surface area contributed by atoms with Crippen molar-refractivity contribution in [1.82, 2.24) is 15.1 Å². The lowest BCUT2D eigenvalue weighted by molar-refractivity contribution is 0.326. The molecule has 1 aromatic rings. The largest absolute Gasteiger partial charge is 0.356 e. The Morgan fingerprint density at radius 3 is 2.39 bits per heavy atom. The van der Waals surface area contributed by atoms with Crippen LogP contribution in [0.25, 0.3) is 0 Å². The molecule has 0 amide bonds. The van der Waals surface area contributed by atoms with Crippen molar-refractivity contribution in [1.29, 1.82) is 0 Å². The van der Waals surface area contributed by atoms with E-state index in [1.807, 2.05) is 18.8 Å². The quantitative estimate of drug-likeness (QED) is 0.893. The summed E-state index contributed by atoms with van der Waals surface area (Å²) in [5, 5.41) is 7.78. The Morgan fingerprint density at radius 2 is 1.94 bits per heavy atom. The first-order valence-electron chi connectivity index (χ1n) is 6.60. The Labute approximate surface area is 111 Å². The van der Waals surface area contributed by atoms with Gasteiger partial charge < -0.3 is 10.2 Å². The molecule has 1 rings (SSSR count). The van der Waals surface area contributed by atoms with Gasteiger partial charge in [0.15, 0.2) is 0 Å². The summed E-state index contributed by atoms with van der Waals surface area (Å²) in [6.07, 6.45) is 0. The molecule has 0 fully saturated rings. The van der Waals surface area contributed by atoms with Gasteiger partial charge in [-0.05, 0) is 26.3 Å². The smallest absolute Gasteiger partial charge is 0.131 e. The fourth-order valence-electron chi connectivity index (χ4n) is 2.28. The third-order valence-electron chi connectivity index (χ3n) is 3.84. The summed E-state index contributed by atoms with van der Waals surface area (Å²) in [5.41, 5.74) is 2.64. The van der Waals surface area contributed by atoms with E-state index in [0.717, 1.165) is 12.2 Å². The summed E-state index contributed by atoms with van der Waals surface area (Å²) in [7, 11) is 6.16. The third-order valence-corrected chi connectivity index (χ3v) is 3.84. The lowest BCUT2D eigenvalue weighted by Crippen LogP contribution is -2.40. The molecule has 1 heterocycles.